The highest BCUT2D eigenvalue weighted by atomic mass is 16.5. The summed E-state index contributed by atoms with van der Waals surface area (Å²) in [5.41, 5.74) is 3.98. The molecule has 0 spiro atoms. The lowest BCUT2D eigenvalue weighted by Crippen LogP contribution is -2.07. The van der Waals surface area contributed by atoms with Crippen molar-refractivity contribution in [1.29, 1.82) is 0 Å². The van der Waals surface area contributed by atoms with Gasteiger partial charge < -0.3 is 9.72 Å². The molecule has 22 heavy (non-hydrogen) atoms. The monoisotopic (exact) mass is 299 g/mol. The molecule has 2 aromatic rings. The van der Waals surface area contributed by atoms with Crippen molar-refractivity contribution in [3.05, 3.63) is 35.0 Å². The molecule has 1 N–H and O–H groups in total. The van der Waals surface area contributed by atoms with Gasteiger partial charge in [0.15, 0.2) is 5.78 Å². The minimum absolute atomic E-state index is 0.157. The minimum atomic E-state index is -0.157. The van der Waals surface area contributed by atoms with E-state index in [1.807, 2.05) is 26.0 Å². The molecular weight excluding hydrogens is 278 g/mol. The molecule has 0 bridgehead atoms. The third-order valence-corrected chi connectivity index (χ3v) is 4.48. The first-order valence-electron chi connectivity index (χ1n) is 7.91. The first kappa shape index (κ1) is 14.8. The van der Waals surface area contributed by atoms with E-state index in [0.29, 0.717) is 19.4 Å². The standard InChI is InChI=1S/C18H21NO3/c1-3-22-16(21)10-8-12-7-9-15(20)17-11(2)19-14-6-4-5-13(12)18(14)17/h4-6,12,19H,3,7-10H2,1-2H3. The molecule has 0 fully saturated rings. The summed E-state index contributed by atoms with van der Waals surface area (Å²) in [7, 11) is 0. The van der Waals surface area contributed by atoms with E-state index in [9.17, 15) is 9.59 Å². The number of hydrogen-bond acceptors (Lipinski definition) is 3. The molecule has 1 aromatic heterocycles. The predicted molar refractivity (Wildman–Crippen MR) is 85.2 cm³/mol. The van der Waals surface area contributed by atoms with Crippen molar-refractivity contribution in [2.45, 2.75) is 45.4 Å². The maximum Gasteiger partial charge on any atom is 0.305 e. The zero-order valence-electron chi connectivity index (χ0n) is 13.1. The van der Waals surface area contributed by atoms with E-state index in [1.54, 1.807) is 0 Å². The van der Waals surface area contributed by atoms with Gasteiger partial charge in [-0.3, -0.25) is 9.59 Å². The maximum atomic E-state index is 12.4. The van der Waals surface area contributed by atoms with Crippen molar-refractivity contribution in [2.75, 3.05) is 6.61 Å². The quantitative estimate of drug-likeness (QED) is 0.872. The van der Waals surface area contributed by atoms with Gasteiger partial charge in [0.25, 0.3) is 0 Å². The number of carbonyl (C=O) groups excluding carboxylic acids is 2. The van der Waals surface area contributed by atoms with Crippen LogP contribution in [0.3, 0.4) is 0 Å². The number of esters is 1. The highest BCUT2D eigenvalue weighted by molar-refractivity contribution is 6.11. The molecule has 0 amide bonds. The smallest absolute Gasteiger partial charge is 0.305 e. The van der Waals surface area contributed by atoms with Gasteiger partial charge in [-0.25, -0.2) is 0 Å². The largest absolute Gasteiger partial charge is 0.466 e. The van der Waals surface area contributed by atoms with E-state index in [4.69, 9.17) is 4.74 Å². The van der Waals surface area contributed by atoms with E-state index < -0.39 is 0 Å². The Morgan fingerprint density at radius 1 is 1.41 bits per heavy atom. The number of ether oxygens (including phenoxy) is 1. The number of aromatic nitrogens is 1. The summed E-state index contributed by atoms with van der Waals surface area (Å²) >= 11 is 0. The Morgan fingerprint density at radius 2 is 2.23 bits per heavy atom. The molecule has 1 aliphatic rings. The summed E-state index contributed by atoms with van der Waals surface area (Å²) in [4.78, 5) is 27.4. The zero-order valence-corrected chi connectivity index (χ0v) is 13.1. The van der Waals surface area contributed by atoms with Gasteiger partial charge in [-0.05, 0) is 44.2 Å². The third-order valence-electron chi connectivity index (χ3n) is 4.48. The van der Waals surface area contributed by atoms with Gasteiger partial charge in [-0.2, -0.15) is 0 Å². The van der Waals surface area contributed by atoms with Crippen LogP contribution in [0, 0.1) is 6.92 Å². The average Bonchev–Trinajstić information content (AvgIpc) is 2.75. The van der Waals surface area contributed by atoms with E-state index in [2.05, 4.69) is 11.1 Å². The van der Waals surface area contributed by atoms with Crippen molar-refractivity contribution < 1.29 is 14.3 Å². The summed E-state index contributed by atoms with van der Waals surface area (Å²) in [5, 5.41) is 1.05. The van der Waals surface area contributed by atoms with Gasteiger partial charge in [-0.15, -0.1) is 0 Å². The van der Waals surface area contributed by atoms with Crippen LogP contribution >= 0.6 is 0 Å². The Kier molecular flexibility index (Phi) is 4.01. The fourth-order valence-electron chi connectivity index (χ4n) is 3.51. The lowest BCUT2D eigenvalue weighted by molar-refractivity contribution is -0.143. The number of ketones is 1. The molecule has 1 unspecified atom stereocenters. The third kappa shape index (κ3) is 2.54. The van der Waals surface area contributed by atoms with Crippen LogP contribution < -0.4 is 0 Å². The molecule has 1 heterocycles. The summed E-state index contributed by atoms with van der Waals surface area (Å²) in [6, 6.07) is 6.12. The summed E-state index contributed by atoms with van der Waals surface area (Å²) in [6.07, 6.45) is 2.47. The number of rotatable bonds is 4. The van der Waals surface area contributed by atoms with Crippen molar-refractivity contribution >= 4 is 22.7 Å². The molecular formula is C18H21NO3. The van der Waals surface area contributed by atoms with Crippen molar-refractivity contribution in [3.8, 4) is 0 Å². The number of Topliss-reactive ketones (excluding diaryl/α,β-unsaturated/α-hetero) is 1. The van der Waals surface area contributed by atoms with E-state index in [1.165, 1.54) is 5.56 Å². The number of hydrogen-bond donors (Lipinski definition) is 1. The van der Waals surface area contributed by atoms with Crippen LogP contribution in [-0.4, -0.2) is 23.3 Å². The van der Waals surface area contributed by atoms with Crippen LogP contribution in [0.2, 0.25) is 0 Å². The van der Waals surface area contributed by atoms with Crippen LogP contribution in [0.15, 0.2) is 18.2 Å². The van der Waals surface area contributed by atoms with E-state index in [0.717, 1.165) is 35.0 Å². The average molecular weight is 299 g/mol. The molecule has 4 heteroatoms. The summed E-state index contributed by atoms with van der Waals surface area (Å²) in [6.45, 7) is 4.19. The zero-order chi connectivity index (χ0) is 15.7. The first-order chi connectivity index (χ1) is 10.6. The normalized spacial score (nSPS) is 17.5. The van der Waals surface area contributed by atoms with Gasteiger partial charge in [0.1, 0.15) is 0 Å². The van der Waals surface area contributed by atoms with Crippen molar-refractivity contribution in [1.82, 2.24) is 4.98 Å². The van der Waals surface area contributed by atoms with Crippen LogP contribution in [0.1, 0.15) is 60.1 Å². The summed E-state index contributed by atoms with van der Waals surface area (Å²) < 4.78 is 5.02. The molecule has 1 aromatic carbocycles. The Balaban J connectivity index is 1.96. The molecule has 4 nitrogen and oxygen atoms in total. The lowest BCUT2D eigenvalue weighted by Gasteiger charge is -2.15. The molecule has 0 saturated heterocycles. The fraction of sp³-hybridized carbons (Fsp3) is 0.444. The Morgan fingerprint density at radius 3 is 3.00 bits per heavy atom. The molecule has 0 saturated carbocycles. The number of aryl methyl sites for hydroxylation is 1. The molecule has 1 atom stereocenters. The molecule has 3 rings (SSSR count). The topological polar surface area (TPSA) is 59.2 Å². The van der Waals surface area contributed by atoms with E-state index >= 15 is 0 Å². The minimum Gasteiger partial charge on any atom is -0.466 e. The maximum absolute atomic E-state index is 12.4. The lowest BCUT2D eigenvalue weighted by atomic mass is 9.89. The molecule has 0 radical (unpaired) electrons. The molecule has 116 valence electrons. The highest BCUT2D eigenvalue weighted by Crippen LogP contribution is 2.39. The Bertz CT molecular complexity index is 729. The van der Waals surface area contributed by atoms with Crippen molar-refractivity contribution in [2.24, 2.45) is 0 Å². The van der Waals surface area contributed by atoms with Crippen molar-refractivity contribution in [3.63, 3.8) is 0 Å². The number of aromatic amines is 1. The fourth-order valence-corrected chi connectivity index (χ4v) is 3.51. The molecule has 0 aliphatic heterocycles. The van der Waals surface area contributed by atoms with E-state index in [-0.39, 0.29) is 17.7 Å². The Labute approximate surface area is 129 Å². The van der Waals surface area contributed by atoms with Crippen LogP contribution in [0.4, 0.5) is 0 Å². The number of H-pyrrole nitrogens is 1. The SMILES string of the molecule is CCOC(=O)CCC1CCC(=O)c2c(C)[nH]c3cccc1c23. The second-order valence-electron chi connectivity index (χ2n) is 5.90. The second-order valence-corrected chi connectivity index (χ2v) is 5.90. The van der Waals surface area contributed by atoms with Gasteiger partial charge in [0.05, 0.1) is 6.61 Å². The first-order valence-corrected chi connectivity index (χ1v) is 7.91. The van der Waals surface area contributed by atoms with Gasteiger partial charge >= 0.3 is 5.97 Å². The highest BCUT2D eigenvalue weighted by Gasteiger charge is 2.27. The number of benzene rings is 1. The summed E-state index contributed by atoms with van der Waals surface area (Å²) in [5.74, 6) is 0.277. The van der Waals surface area contributed by atoms with Crippen LogP contribution in [-0.2, 0) is 9.53 Å². The van der Waals surface area contributed by atoms with Crippen LogP contribution in [0.5, 0.6) is 0 Å². The predicted octanol–water partition coefficient (Wildman–Crippen LogP) is 3.88. The second kappa shape index (κ2) is 5.95. The molecule has 1 aliphatic carbocycles. The van der Waals surface area contributed by atoms with Gasteiger partial charge in [0, 0.05) is 35.0 Å². The van der Waals surface area contributed by atoms with Crippen LogP contribution in [0.25, 0.3) is 10.9 Å². The number of nitrogens with one attached hydrogen (secondary N) is 1. The van der Waals surface area contributed by atoms with Gasteiger partial charge in [-0.1, -0.05) is 12.1 Å². The number of carbonyl (C=O) groups is 2. The Hall–Kier alpha value is -2.10. The van der Waals surface area contributed by atoms with Gasteiger partial charge in [0.2, 0.25) is 0 Å².